The smallest absolute Gasteiger partial charge is 0.275 e. The van der Waals surface area contributed by atoms with E-state index in [1.54, 1.807) is 6.92 Å². The summed E-state index contributed by atoms with van der Waals surface area (Å²) in [6.07, 6.45) is 4.28. The summed E-state index contributed by atoms with van der Waals surface area (Å²) in [5.41, 5.74) is 0.969. The minimum Gasteiger partial charge on any atom is -0.337 e. The molecule has 1 aromatic rings. The molecule has 26 heavy (non-hydrogen) atoms. The van der Waals surface area contributed by atoms with Gasteiger partial charge >= 0.3 is 0 Å². The second-order valence-corrected chi connectivity index (χ2v) is 7.56. The van der Waals surface area contributed by atoms with Gasteiger partial charge in [-0.2, -0.15) is 0 Å². The van der Waals surface area contributed by atoms with E-state index in [0.29, 0.717) is 37.3 Å². The molecule has 1 heterocycles. The Morgan fingerprint density at radius 3 is 2.62 bits per heavy atom. The van der Waals surface area contributed by atoms with Crippen molar-refractivity contribution in [1.82, 2.24) is 9.80 Å². The van der Waals surface area contributed by atoms with E-state index in [4.69, 9.17) is 0 Å². The normalized spacial score (nSPS) is 22.0. The zero-order valence-corrected chi connectivity index (χ0v) is 15.4. The standard InChI is InChI=1S/C19H26FN3O3/c1-13-11-21(7-8-22(13)19(24)15-5-3-4-6-15)12-16-9-17(20)10-18(14(16)2)23(25)26/h9-10,13,15H,3-8,11-12H2,1-2H3. The molecule has 7 heteroatoms. The Hall–Kier alpha value is -2.02. The van der Waals surface area contributed by atoms with Gasteiger partial charge in [-0.15, -0.1) is 0 Å². The summed E-state index contributed by atoms with van der Waals surface area (Å²) < 4.78 is 13.8. The molecule has 1 aliphatic heterocycles. The molecule has 1 unspecified atom stereocenters. The number of rotatable bonds is 4. The molecule has 0 spiro atoms. The fraction of sp³-hybridized carbons (Fsp3) is 0.632. The summed E-state index contributed by atoms with van der Waals surface area (Å²) in [6.45, 7) is 6.22. The van der Waals surface area contributed by atoms with Gasteiger partial charge < -0.3 is 4.90 Å². The highest BCUT2D eigenvalue weighted by Crippen LogP contribution is 2.29. The first kappa shape index (κ1) is 18.8. The van der Waals surface area contributed by atoms with Gasteiger partial charge in [0.15, 0.2) is 0 Å². The number of nitrogens with zero attached hydrogens (tertiary/aromatic N) is 3. The van der Waals surface area contributed by atoms with Crippen molar-refractivity contribution in [2.75, 3.05) is 19.6 Å². The largest absolute Gasteiger partial charge is 0.337 e. The fourth-order valence-corrected chi connectivity index (χ4v) is 4.23. The first-order valence-corrected chi connectivity index (χ1v) is 9.33. The fourth-order valence-electron chi connectivity index (χ4n) is 4.23. The van der Waals surface area contributed by atoms with Crippen molar-refractivity contribution in [2.24, 2.45) is 5.92 Å². The SMILES string of the molecule is Cc1c(CN2CCN(C(=O)C3CCCC3)C(C)C2)cc(F)cc1[N+](=O)[O-]. The Bertz CT molecular complexity index is 704. The third-order valence-corrected chi connectivity index (χ3v) is 5.74. The van der Waals surface area contributed by atoms with Crippen LogP contribution in [0, 0.1) is 28.8 Å². The molecule has 0 N–H and O–H groups in total. The number of nitro benzene ring substituents is 1. The maximum absolute atomic E-state index is 13.8. The number of carbonyl (C=O) groups excluding carboxylic acids is 1. The van der Waals surface area contributed by atoms with Crippen LogP contribution in [0.15, 0.2) is 12.1 Å². The van der Waals surface area contributed by atoms with E-state index in [0.717, 1.165) is 31.7 Å². The van der Waals surface area contributed by atoms with Crippen LogP contribution in [0.4, 0.5) is 10.1 Å². The molecule has 1 saturated carbocycles. The number of piperazine rings is 1. The Morgan fingerprint density at radius 1 is 1.31 bits per heavy atom. The lowest BCUT2D eigenvalue weighted by Crippen LogP contribution is -2.54. The lowest BCUT2D eigenvalue weighted by molar-refractivity contribution is -0.385. The second-order valence-electron chi connectivity index (χ2n) is 7.56. The van der Waals surface area contributed by atoms with Gasteiger partial charge in [0, 0.05) is 43.7 Å². The molecule has 1 saturated heterocycles. The number of amides is 1. The highest BCUT2D eigenvalue weighted by Gasteiger charge is 2.33. The van der Waals surface area contributed by atoms with Gasteiger partial charge in [0.25, 0.3) is 5.69 Å². The van der Waals surface area contributed by atoms with Crippen molar-refractivity contribution in [1.29, 1.82) is 0 Å². The van der Waals surface area contributed by atoms with Crippen molar-refractivity contribution < 1.29 is 14.1 Å². The second kappa shape index (κ2) is 7.70. The molecular weight excluding hydrogens is 337 g/mol. The molecular formula is C19H26FN3O3. The predicted octanol–water partition coefficient (Wildman–Crippen LogP) is 3.27. The summed E-state index contributed by atoms with van der Waals surface area (Å²) in [6, 6.07) is 2.45. The summed E-state index contributed by atoms with van der Waals surface area (Å²) in [7, 11) is 0. The first-order chi connectivity index (χ1) is 12.4. The Balaban J connectivity index is 1.66. The van der Waals surface area contributed by atoms with E-state index in [9.17, 15) is 19.3 Å². The van der Waals surface area contributed by atoms with Crippen LogP contribution in [-0.2, 0) is 11.3 Å². The molecule has 2 aliphatic rings. The number of hydrogen-bond acceptors (Lipinski definition) is 4. The van der Waals surface area contributed by atoms with Gasteiger partial charge in [-0.05, 0) is 38.3 Å². The summed E-state index contributed by atoms with van der Waals surface area (Å²) in [4.78, 5) is 27.4. The van der Waals surface area contributed by atoms with Gasteiger partial charge in [-0.3, -0.25) is 19.8 Å². The molecule has 1 amide bonds. The van der Waals surface area contributed by atoms with Crippen molar-refractivity contribution in [3.05, 3.63) is 39.2 Å². The minimum atomic E-state index is -0.583. The average Bonchev–Trinajstić information content (AvgIpc) is 3.11. The molecule has 1 aliphatic carbocycles. The Labute approximate surface area is 153 Å². The number of hydrogen-bond donors (Lipinski definition) is 0. The van der Waals surface area contributed by atoms with E-state index in [-0.39, 0.29) is 23.6 Å². The lowest BCUT2D eigenvalue weighted by atomic mass is 10.0. The van der Waals surface area contributed by atoms with Crippen LogP contribution < -0.4 is 0 Å². The molecule has 0 aromatic heterocycles. The van der Waals surface area contributed by atoms with Gasteiger partial charge in [-0.25, -0.2) is 4.39 Å². The van der Waals surface area contributed by atoms with E-state index in [1.165, 1.54) is 6.07 Å². The maximum Gasteiger partial charge on any atom is 0.275 e. The van der Waals surface area contributed by atoms with Crippen molar-refractivity contribution >= 4 is 11.6 Å². The minimum absolute atomic E-state index is 0.0979. The third kappa shape index (κ3) is 3.87. The van der Waals surface area contributed by atoms with Crippen LogP contribution >= 0.6 is 0 Å². The number of halogens is 1. The quantitative estimate of drug-likeness (QED) is 0.608. The van der Waals surface area contributed by atoms with Gasteiger partial charge in [0.1, 0.15) is 5.82 Å². The maximum atomic E-state index is 13.8. The molecule has 0 radical (unpaired) electrons. The third-order valence-electron chi connectivity index (χ3n) is 5.74. The Morgan fingerprint density at radius 2 is 2.00 bits per heavy atom. The molecule has 6 nitrogen and oxygen atoms in total. The molecule has 1 atom stereocenters. The molecule has 0 bridgehead atoms. The highest BCUT2D eigenvalue weighted by molar-refractivity contribution is 5.79. The average molecular weight is 363 g/mol. The molecule has 1 aromatic carbocycles. The van der Waals surface area contributed by atoms with Gasteiger partial charge in [0.2, 0.25) is 5.91 Å². The summed E-state index contributed by atoms with van der Waals surface area (Å²) in [5, 5.41) is 11.1. The lowest BCUT2D eigenvalue weighted by Gasteiger charge is -2.41. The number of nitro groups is 1. The summed E-state index contributed by atoms with van der Waals surface area (Å²) in [5.74, 6) is -0.135. The Kier molecular flexibility index (Phi) is 5.55. The number of carbonyl (C=O) groups is 1. The van der Waals surface area contributed by atoms with E-state index in [1.807, 2.05) is 11.8 Å². The van der Waals surface area contributed by atoms with Gasteiger partial charge in [0.05, 0.1) is 11.0 Å². The molecule has 3 rings (SSSR count). The van der Waals surface area contributed by atoms with Gasteiger partial charge in [-0.1, -0.05) is 12.8 Å². The van der Waals surface area contributed by atoms with Crippen molar-refractivity contribution in [3.8, 4) is 0 Å². The van der Waals surface area contributed by atoms with Crippen LogP contribution in [0.1, 0.15) is 43.7 Å². The zero-order valence-electron chi connectivity index (χ0n) is 15.4. The van der Waals surface area contributed by atoms with E-state index in [2.05, 4.69) is 4.90 Å². The van der Waals surface area contributed by atoms with Crippen LogP contribution in [0.3, 0.4) is 0 Å². The highest BCUT2D eigenvalue weighted by atomic mass is 19.1. The first-order valence-electron chi connectivity index (χ1n) is 9.33. The molecule has 2 fully saturated rings. The van der Waals surface area contributed by atoms with Crippen LogP contribution in [0.25, 0.3) is 0 Å². The summed E-state index contributed by atoms with van der Waals surface area (Å²) >= 11 is 0. The topological polar surface area (TPSA) is 66.7 Å². The van der Waals surface area contributed by atoms with E-state index < -0.39 is 10.7 Å². The van der Waals surface area contributed by atoms with Crippen molar-refractivity contribution in [2.45, 2.75) is 52.1 Å². The monoisotopic (exact) mass is 363 g/mol. The molecule has 142 valence electrons. The number of benzene rings is 1. The van der Waals surface area contributed by atoms with Crippen LogP contribution in [-0.4, -0.2) is 46.3 Å². The van der Waals surface area contributed by atoms with Crippen LogP contribution in [0.5, 0.6) is 0 Å². The van der Waals surface area contributed by atoms with Crippen LogP contribution in [0.2, 0.25) is 0 Å². The van der Waals surface area contributed by atoms with E-state index >= 15 is 0 Å². The zero-order chi connectivity index (χ0) is 18.8. The predicted molar refractivity (Wildman–Crippen MR) is 96.2 cm³/mol. The van der Waals surface area contributed by atoms with Crippen molar-refractivity contribution in [3.63, 3.8) is 0 Å².